The van der Waals surface area contributed by atoms with Crippen LogP contribution in [0.1, 0.15) is 49.4 Å². The van der Waals surface area contributed by atoms with E-state index in [1.54, 1.807) is 0 Å². The lowest BCUT2D eigenvalue weighted by atomic mass is 9.90. The first-order chi connectivity index (χ1) is 10.9. The highest BCUT2D eigenvalue weighted by atomic mass is 19.4. The lowest BCUT2D eigenvalue weighted by Gasteiger charge is -2.35. The van der Waals surface area contributed by atoms with Crippen LogP contribution in [0.5, 0.6) is 0 Å². The quantitative estimate of drug-likeness (QED) is 0.845. The van der Waals surface area contributed by atoms with Crippen LogP contribution in [0, 0.1) is 5.92 Å². The molecule has 0 radical (unpaired) electrons. The van der Waals surface area contributed by atoms with E-state index in [4.69, 9.17) is 0 Å². The summed E-state index contributed by atoms with van der Waals surface area (Å²) >= 11 is 0. The number of hydrogen-bond acceptors (Lipinski definition) is 2. The van der Waals surface area contributed by atoms with Gasteiger partial charge in [0.05, 0.1) is 0 Å². The summed E-state index contributed by atoms with van der Waals surface area (Å²) in [5.41, 5.74) is -0.424. The standard InChI is InChI=1S/C16H20F3N3O/c17-16(18,19)14-9-13(20-21-14)12-7-4-8-22(10-12)15(23)11-5-2-1-3-6-11/h1-2,9,11-12H,3-8,10H2,(H,20,21). The Labute approximate surface area is 132 Å². The second kappa shape index (κ2) is 6.37. The van der Waals surface area contributed by atoms with E-state index in [-0.39, 0.29) is 17.7 Å². The molecule has 1 amide bonds. The molecule has 0 spiro atoms. The molecule has 1 aromatic heterocycles. The van der Waals surface area contributed by atoms with Gasteiger partial charge in [-0.05, 0) is 38.2 Å². The number of piperidine rings is 1. The summed E-state index contributed by atoms with van der Waals surface area (Å²) in [7, 11) is 0. The summed E-state index contributed by atoms with van der Waals surface area (Å²) in [4.78, 5) is 14.4. The highest BCUT2D eigenvalue weighted by molar-refractivity contribution is 5.79. The van der Waals surface area contributed by atoms with Crippen LogP contribution >= 0.6 is 0 Å². The molecule has 1 N–H and O–H groups in total. The van der Waals surface area contributed by atoms with Gasteiger partial charge in [0.1, 0.15) is 0 Å². The van der Waals surface area contributed by atoms with E-state index in [0.29, 0.717) is 18.8 Å². The topological polar surface area (TPSA) is 49.0 Å². The zero-order valence-electron chi connectivity index (χ0n) is 12.8. The lowest BCUT2D eigenvalue weighted by Crippen LogP contribution is -2.42. The molecule has 0 saturated carbocycles. The van der Waals surface area contributed by atoms with E-state index in [1.165, 1.54) is 0 Å². The Hall–Kier alpha value is -1.79. The molecule has 7 heteroatoms. The van der Waals surface area contributed by atoms with Crippen molar-refractivity contribution in [2.45, 2.75) is 44.2 Å². The second-order valence-corrected chi connectivity index (χ2v) is 6.31. The van der Waals surface area contributed by atoms with Crippen molar-refractivity contribution in [2.24, 2.45) is 5.92 Å². The average Bonchev–Trinajstić information content (AvgIpc) is 3.05. The van der Waals surface area contributed by atoms with Gasteiger partial charge in [0, 0.05) is 30.6 Å². The number of H-pyrrole nitrogens is 1. The minimum absolute atomic E-state index is 0.0197. The van der Waals surface area contributed by atoms with Crippen molar-refractivity contribution in [1.82, 2.24) is 15.1 Å². The molecule has 1 aliphatic heterocycles. The number of aromatic nitrogens is 2. The molecule has 2 aliphatic rings. The smallest absolute Gasteiger partial charge is 0.342 e. The second-order valence-electron chi connectivity index (χ2n) is 6.31. The molecule has 2 unspecified atom stereocenters. The van der Waals surface area contributed by atoms with Crippen molar-refractivity contribution in [1.29, 1.82) is 0 Å². The van der Waals surface area contributed by atoms with Gasteiger partial charge in [-0.2, -0.15) is 18.3 Å². The van der Waals surface area contributed by atoms with Gasteiger partial charge < -0.3 is 4.90 Å². The van der Waals surface area contributed by atoms with Crippen LogP contribution in [0.2, 0.25) is 0 Å². The van der Waals surface area contributed by atoms with Crippen LogP contribution in [0.4, 0.5) is 13.2 Å². The first-order valence-corrected chi connectivity index (χ1v) is 8.01. The molecule has 1 saturated heterocycles. The summed E-state index contributed by atoms with van der Waals surface area (Å²) in [6.45, 7) is 1.16. The number of nitrogens with zero attached hydrogens (tertiary/aromatic N) is 2. The first-order valence-electron chi connectivity index (χ1n) is 8.01. The predicted molar refractivity (Wildman–Crippen MR) is 78.6 cm³/mol. The summed E-state index contributed by atoms with van der Waals surface area (Å²) < 4.78 is 38.0. The third-order valence-electron chi connectivity index (χ3n) is 4.68. The van der Waals surface area contributed by atoms with Crippen LogP contribution in [0.15, 0.2) is 18.2 Å². The fourth-order valence-electron chi connectivity index (χ4n) is 3.40. The monoisotopic (exact) mass is 327 g/mol. The van der Waals surface area contributed by atoms with Gasteiger partial charge in [-0.15, -0.1) is 0 Å². The summed E-state index contributed by atoms with van der Waals surface area (Å²) in [6, 6.07) is 1.07. The molecule has 4 nitrogen and oxygen atoms in total. The van der Waals surface area contributed by atoms with Crippen molar-refractivity contribution in [3.8, 4) is 0 Å². The SMILES string of the molecule is O=C(C1CC=CCC1)N1CCCC(c2cc(C(F)(F)F)n[nH]2)C1. The highest BCUT2D eigenvalue weighted by Gasteiger charge is 2.36. The Balaban J connectivity index is 1.67. The Morgan fingerprint density at radius 2 is 2.13 bits per heavy atom. The van der Waals surface area contributed by atoms with Crippen LogP contribution in [-0.2, 0) is 11.0 Å². The Bertz CT molecular complexity index is 594. The van der Waals surface area contributed by atoms with Crippen molar-refractivity contribution in [3.63, 3.8) is 0 Å². The number of halogens is 3. The zero-order chi connectivity index (χ0) is 16.4. The third-order valence-corrected chi connectivity index (χ3v) is 4.68. The Morgan fingerprint density at radius 1 is 1.30 bits per heavy atom. The molecule has 23 heavy (non-hydrogen) atoms. The molecular formula is C16H20F3N3O. The number of carbonyl (C=O) groups excluding carboxylic acids is 1. The van der Waals surface area contributed by atoms with E-state index in [2.05, 4.69) is 16.3 Å². The van der Waals surface area contributed by atoms with E-state index >= 15 is 0 Å². The minimum atomic E-state index is -4.44. The highest BCUT2D eigenvalue weighted by Crippen LogP contribution is 2.33. The largest absolute Gasteiger partial charge is 0.435 e. The summed E-state index contributed by atoms with van der Waals surface area (Å²) in [5.74, 6) is 0.0521. The number of rotatable bonds is 2. The van der Waals surface area contributed by atoms with Gasteiger partial charge >= 0.3 is 6.18 Å². The molecule has 2 atom stereocenters. The number of alkyl halides is 3. The van der Waals surface area contributed by atoms with Crippen molar-refractivity contribution < 1.29 is 18.0 Å². The van der Waals surface area contributed by atoms with Crippen molar-refractivity contribution >= 4 is 5.91 Å². The number of carbonyl (C=O) groups is 1. The van der Waals surface area contributed by atoms with Crippen LogP contribution < -0.4 is 0 Å². The molecule has 0 aromatic carbocycles. The number of amides is 1. The number of nitrogens with one attached hydrogen (secondary N) is 1. The first kappa shape index (κ1) is 16.1. The number of aromatic amines is 1. The number of allylic oxidation sites excluding steroid dienone is 2. The van der Waals surface area contributed by atoms with Gasteiger partial charge in [-0.25, -0.2) is 0 Å². The molecule has 126 valence electrons. The maximum atomic E-state index is 12.7. The molecule has 3 rings (SSSR count). The maximum absolute atomic E-state index is 12.7. The normalized spacial score (nSPS) is 25.6. The predicted octanol–water partition coefficient (Wildman–Crippen LogP) is 3.49. The van der Waals surface area contributed by atoms with E-state index in [9.17, 15) is 18.0 Å². The van der Waals surface area contributed by atoms with Gasteiger partial charge in [0.2, 0.25) is 5.91 Å². The molecule has 0 bridgehead atoms. The average molecular weight is 327 g/mol. The fourth-order valence-corrected chi connectivity index (χ4v) is 3.40. The molecule has 1 fully saturated rings. The molecule has 2 heterocycles. The van der Waals surface area contributed by atoms with E-state index in [1.807, 2.05) is 11.0 Å². The maximum Gasteiger partial charge on any atom is 0.435 e. The number of likely N-dealkylation sites (tertiary alicyclic amines) is 1. The molecule has 1 aliphatic carbocycles. The van der Waals surface area contributed by atoms with E-state index < -0.39 is 11.9 Å². The Kier molecular flexibility index (Phi) is 4.46. The Morgan fingerprint density at radius 3 is 2.78 bits per heavy atom. The van der Waals surface area contributed by atoms with Gasteiger partial charge in [0.15, 0.2) is 5.69 Å². The van der Waals surface area contributed by atoms with Crippen LogP contribution in [-0.4, -0.2) is 34.1 Å². The fraction of sp³-hybridized carbons (Fsp3) is 0.625. The molecule has 1 aromatic rings. The van der Waals surface area contributed by atoms with Crippen molar-refractivity contribution in [3.05, 3.63) is 29.6 Å². The summed E-state index contributed by atoms with van der Waals surface area (Å²) in [5, 5.41) is 5.86. The summed E-state index contributed by atoms with van der Waals surface area (Å²) in [6.07, 6.45) is 3.81. The zero-order valence-corrected chi connectivity index (χ0v) is 12.8. The van der Waals surface area contributed by atoms with E-state index in [0.717, 1.165) is 38.2 Å². The third kappa shape index (κ3) is 3.59. The van der Waals surface area contributed by atoms with Crippen molar-refractivity contribution in [2.75, 3.05) is 13.1 Å². The van der Waals surface area contributed by atoms with Gasteiger partial charge in [-0.1, -0.05) is 12.2 Å². The minimum Gasteiger partial charge on any atom is -0.342 e. The van der Waals surface area contributed by atoms with Crippen LogP contribution in [0.3, 0.4) is 0 Å². The van der Waals surface area contributed by atoms with Crippen LogP contribution in [0.25, 0.3) is 0 Å². The lowest BCUT2D eigenvalue weighted by molar-refractivity contribution is -0.141. The van der Waals surface area contributed by atoms with Gasteiger partial charge in [-0.3, -0.25) is 9.89 Å². The van der Waals surface area contributed by atoms with Gasteiger partial charge in [0.25, 0.3) is 0 Å². The number of hydrogen-bond donors (Lipinski definition) is 1. The molecular weight excluding hydrogens is 307 g/mol.